The van der Waals surface area contributed by atoms with E-state index in [1.54, 1.807) is 0 Å². The van der Waals surface area contributed by atoms with Crippen molar-refractivity contribution in [2.75, 3.05) is 0 Å². The van der Waals surface area contributed by atoms with E-state index >= 15 is 0 Å². The molecule has 11 atom stereocenters. The van der Waals surface area contributed by atoms with Crippen LogP contribution in [0.25, 0.3) is 0 Å². The van der Waals surface area contributed by atoms with E-state index in [1.807, 2.05) is 6.92 Å². The lowest BCUT2D eigenvalue weighted by Crippen LogP contribution is -2.69. The summed E-state index contributed by atoms with van der Waals surface area (Å²) in [4.78, 5) is 0. The zero-order valence-electron chi connectivity index (χ0n) is 23.1. The number of hydrogen-bond acceptors (Lipinski definition) is 4. The quantitative estimate of drug-likeness (QED) is 0.406. The van der Waals surface area contributed by atoms with Crippen molar-refractivity contribution in [2.45, 2.75) is 131 Å². The summed E-state index contributed by atoms with van der Waals surface area (Å²) in [6, 6.07) is 0. The Bertz CT molecular complexity index is 813. The van der Waals surface area contributed by atoms with Gasteiger partial charge in [-0.05, 0) is 117 Å². The summed E-state index contributed by atoms with van der Waals surface area (Å²) < 4.78 is 0. The Kier molecular flexibility index (Phi) is 6.50. The lowest BCUT2D eigenvalue weighted by molar-refractivity contribution is -0.274. The fourth-order valence-corrected chi connectivity index (χ4v) is 10.5. The third-order valence-electron chi connectivity index (χ3n) is 12.3. The maximum absolute atomic E-state index is 11.8. The van der Waals surface area contributed by atoms with Gasteiger partial charge in [0, 0.05) is 0 Å². The highest BCUT2D eigenvalue weighted by Crippen LogP contribution is 2.75. The fourth-order valence-electron chi connectivity index (χ4n) is 10.5. The zero-order valence-corrected chi connectivity index (χ0v) is 23.1. The van der Waals surface area contributed by atoms with Crippen LogP contribution in [0.3, 0.4) is 0 Å². The number of rotatable bonds is 4. The van der Waals surface area contributed by atoms with Crippen LogP contribution in [0.5, 0.6) is 0 Å². The highest BCUT2D eigenvalue weighted by Gasteiger charge is 2.72. The van der Waals surface area contributed by atoms with Crippen molar-refractivity contribution >= 4 is 0 Å². The van der Waals surface area contributed by atoms with Gasteiger partial charge in [0.05, 0.1) is 23.9 Å². The van der Waals surface area contributed by atoms with Crippen LogP contribution in [0, 0.1) is 45.3 Å². The van der Waals surface area contributed by atoms with Gasteiger partial charge in [-0.2, -0.15) is 0 Å². The molecule has 0 aromatic rings. The summed E-state index contributed by atoms with van der Waals surface area (Å²) in [6.45, 7) is 17.5. The Balaban J connectivity index is 1.70. The van der Waals surface area contributed by atoms with Gasteiger partial charge in [0.25, 0.3) is 0 Å². The maximum Gasteiger partial charge on any atom is 0.0654 e. The maximum atomic E-state index is 11.8. The molecule has 4 nitrogen and oxygen atoms in total. The van der Waals surface area contributed by atoms with Crippen LogP contribution in [0.4, 0.5) is 0 Å². The molecule has 8 unspecified atom stereocenters. The second kappa shape index (κ2) is 8.30. The van der Waals surface area contributed by atoms with Crippen LogP contribution in [0.2, 0.25) is 0 Å². The van der Waals surface area contributed by atoms with E-state index in [1.165, 1.54) is 5.57 Å². The Labute approximate surface area is 208 Å². The van der Waals surface area contributed by atoms with E-state index in [0.29, 0.717) is 5.92 Å². The third kappa shape index (κ3) is 3.60. The van der Waals surface area contributed by atoms with Crippen molar-refractivity contribution in [3.63, 3.8) is 0 Å². The van der Waals surface area contributed by atoms with E-state index in [4.69, 9.17) is 0 Å². The molecule has 4 fully saturated rings. The highest BCUT2D eigenvalue weighted by atomic mass is 16.3. The van der Waals surface area contributed by atoms with Gasteiger partial charge in [0.2, 0.25) is 0 Å². The summed E-state index contributed by atoms with van der Waals surface area (Å²) >= 11 is 0. The molecular formula is C30H52O4. The van der Waals surface area contributed by atoms with Gasteiger partial charge in [-0.3, -0.25) is 0 Å². The first-order chi connectivity index (χ1) is 15.5. The van der Waals surface area contributed by atoms with Gasteiger partial charge in [-0.15, -0.1) is 0 Å². The SMILES string of the molecule is CC(C)=CCC[C@@](C)(O)C1CC[C@]2(C)C1C(O)CC1C3(C)CCC(O)C(C)(C)C3[C@@H](O)CC12C. The van der Waals surface area contributed by atoms with Crippen molar-refractivity contribution in [3.8, 4) is 0 Å². The zero-order chi connectivity index (χ0) is 25.5. The minimum Gasteiger partial charge on any atom is -0.393 e. The lowest BCUT2D eigenvalue weighted by Gasteiger charge is -2.71. The molecule has 0 aromatic heterocycles. The van der Waals surface area contributed by atoms with E-state index < -0.39 is 23.9 Å². The summed E-state index contributed by atoms with van der Waals surface area (Å²) in [7, 11) is 0. The van der Waals surface area contributed by atoms with E-state index in [9.17, 15) is 20.4 Å². The molecule has 0 aliphatic heterocycles. The van der Waals surface area contributed by atoms with Crippen LogP contribution < -0.4 is 0 Å². The topological polar surface area (TPSA) is 80.9 Å². The molecular weight excluding hydrogens is 424 g/mol. The van der Waals surface area contributed by atoms with Crippen molar-refractivity contribution in [3.05, 3.63) is 11.6 Å². The standard InChI is InChI=1S/C30H52O4/c1-18(2)10-9-13-30(8,34)19-11-15-28(6)24(19)20(31)16-22-27(5)14-12-23(33)26(3,4)25(27)21(32)17-29(22,28)7/h10,19-25,31-34H,9,11-17H2,1-8H3/t19?,20?,21-,22?,23?,24?,25?,27?,28+,29?,30+/m0/s1. The second-order valence-electron chi connectivity index (χ2n) is 14.7. The predicted octanol–water partition coefficient (Wildman–Crippen LogP) is 5.47. The van der Waals surface area contributed by atoms with Crippen molar-refractivity contribution in [1.29, 1.82) is 0 Å². The molecule has 4 saturated carbocycles. The number of hydrogen-bond donors (Lipinski definition) is 4. The number of allylic oxidation sites excluding steroid dienone is 2. The van der Waals surface area contributed by atoms with Crippen LogP contribution in [0.15, 0.2) is 11.6 Å². The molecule has 0 aromatic carbocycles. The van der Waals surface area contributed by atoms with E-state index in [2.05, 4.69) is 54.5 Å². The third-order valence-corrected chi connectivity index (χ3v) is 12.3. The monoisotopic (exact) mass is 476 g/mol. The van der Waals surface area contributed by atoms with E-state index in [0.717, 1.165) is 51.4 Å². The van der Waals surface area contributed by atoms with Gasteiger partial charge in [0.15, 0.2) is 0 Å². The average molecular weight is 477 g/mol. The normalized spacial score (nSPS) is 51.6. The molecule has 196 valence electrons. The molecule has 0 saturated heterocycles. The first-order valence-electron chi connectivity index (χ1n) is 13.9. The average Bonchev–Trinajstić information content (AvgIpc) is 3.07. The molecule has 4 N–H and O–H groups in total. The van der Waals surface area contributed by atoms with Crippen LogP contribution in [-0.4, -0.2) is 44.3 Å². The van der Waals surface area contributed by atoms with Gasteiger partial charge in [-0.1, -0.05) is 46.3 Å². The Morgan fingerprint density at radius 3 is 2.21 bits per heavy atom. The summed E-state index contributed by atoms with van der Waals surface area (Å²) in [5, 5.41) is 46.0. The van der Waals surface area contributed by atoms with Crippen LogP contribution in [-0.2, 0) is 0 Å². The summed E-state index contributed by atoms with van der Waals surface area (Å²) in [5.41, 5.74) is -0.230. The minimum absolute atomic E-state index is 0.0264. The Morgan fingerprint density at radius 1 is 0.941 bits per heavy atom. The molecule has 4 aliphatic rings. The highest BCUT2D eigenvalue weighted by molar-refractivity contribution is 5.21. The van der Waals surface area contributed by atoms with Crippen molar-refractivity contribution in [2.24, 2.45) is 45.3 Å². The number of aliphatic hydroxyl groups excluding tert-OH is 3. The first-order valence-corrected chi connectivity index (χ1v) is 13.9. The van der Waals surface area contributed by atoms with Crippen LogP contribution in [0.1, 0.15) is 107 Å². The number of fused-ring (bicyclic) bond motifs is 5. The molecule has 4 aliphatic carbocycles. The Morgan fingerprint density at radius 2 is 1.59 bits per heavy atom. The first kappa shape index (κ1) is 26.6. The molecule has 0 bridgehead atoms. The minimum atomic E-state index is -0.810. The lowest BCUT2D eigenvalue weighted by atomic mass is 9.34. The van der Waals surface area contributed by atoms with Gasteiger partial charge >= 0.3 is 0 Å². The van der Waals surface area contributed by atoms with Gasteiger partial charge in [0.1, 0.15) is 0 Å². The molecule has 0 spiro atoms. The molecule has 34 heavy (non-hydrogen) atoms. The largest absolute Gasteiger partial charge is 0.393 e. The van der Waals surface area contributed by atoms with Crippen molar-refractivity contribution < 1.29 is 20.4 Å². The molecule has 0 radical (unpaired) electrons. The fraction of sp³-hybridized carbons (Fsp3) is 0.933. The van der Waals surface area contributed by atoms with Crippen molar-refractivity contribution in [1.82, 2.24) is 0 Å². The second-order valence-corrected chi connectivity index (χ2v) is 14.7. The van der Waals surface area contributed by atoms with Crippen LogP contribution >= 0.6 is 0 Å². The summed E-state index contributed by atoms with van der Waals surface area (Å²) in [6.07, 6.45) is 7.54. The van der Waals surface area contributed by atoms with Gasteiger partial charge < -0.3 is 20.4 Å². The predicted molar refractivity (Wildman–Crippen MR) is 137 cm³/mol. The molecule has 4 rings (SSSR count). The smallest absolute Gasteiger partial charge is 0.0654 e. The molecule has 0 amide bonds. The van der Waals surface area contributed by atoms with Gasteiger partial charge in [-0.25, -0.2) is 0 Å². The molecule has 4 heteroatoms. The summed E-state index contributed by atoms with van der Waals surface area (Å²) in [5.74, 6) is 0.442. The Hall–Kier alpha value is -0.420. The molecule has 0 heterocycles. The number of aliphatic hydroxyl groups is 4. The van der Waals surface area contributed by atoms with E-state index in [-0.39, 0.29) is 39.4 Å².